The molecule has 0 N–H and O–H groups in total. The molecule has 0 atom stereocenters. The van der Waals surface area contributed by atoms with Crippen LogP contribution in [0, 0.1) is 13.8 Å². The largest absolute Gasteiger partial charge is 0.379 e. The van der Waals surface area contributed by atoms with E-state index in [0.717, 1.165) is 15.8 Å². The number of rotatable bonds is 4. The van der Waals surface area contributed by atoms with Gasteiger partial charge >= 0.3 is 0 Å². The fourth-order valence-corrected chi connectivity index (χ4v) is 6.31. The van der Waals surface area contributed by atoms with Crippen LogP contribution in [0.4, 0.5) is 0 Å². The van der Waals surface area contributed by atoms with Crippen LogP contribution >= 0.6 is 11.3 Å². The average Bonchev–Trinajstić information content (AvgIpc) is 3.11. The van der Waals surface area contributed by atoms with E-state index in [9.17, 15) is 13.2 Å². The zero-order chi connectivity index (χ0) is 22.2. The number of amides is 1. The van der Waals surface area contributed by atoms with E-state index in [4.69, 9.17) is 4.74 Å². The number of sulfonamides is 1. The fourth-order valence-electron chi connectivity index (χ4n) is 3.76. The highest BCUT2D eigenvalue weighted by molar-refractivity contribution is 7.89. The molecule has 1 aliphatic rings. The molecule has 9 heteroatoms. The molecule has 2 aromatic carbocycles. The van der Waals surface area contributed by atoms with Crippen molar-refractivity contribution in [3.05, 3.63) is 57.9 Å². The van der Waals surface area contributed by atoms with E-state index in [2.05, 4.69) is 31.0 Å². The maximum absolute atomic E-state index is 12.8. The van der Waals surface area contributed by atoms with Crippen molar-refractivity contribution in [1.29, 1.82) is 0 Å². The summed E-state index contributed by atoms with van der Waals surface area (Å²) >= 11 is 1.49. The van der Waals surface area contributed by atoms with Gasteiger partial charge in [-0.05, 0) is 62.2 Å². The molecule has 0 saturated carbocycles. The molecule has 4 rings (SSSR count). The molecule has 0 bridgehead atoms. The van der Waals surface area contributed by atoms with Crippen LogP contribution in [-0.2, 0) is 21.3 Å². The van der Waals surface area contributed by atoms with Gasteiger partial charge in [-0.3, -0.25) is 4.79 Å². The molecule has 0 aliphatic carbocycles. The molecule has 2 heterocycles. The van der Waals surface area contributed by atoms with Crippen molar-refractivity contribution < 1.29 is 17.9 Å². The number of aryl methyl sites for hydroxylation is 3. The van der Waals surface area contributed by atoms with E-state index in [1.165, 1.54) is 45.5 Å². The molecule has 1 amide bonds. The van der Waals surface area contributed by atoms with Crippen molar-refractivity contribution >= 4 is 37.5 Å². The summed E-state index contributed by atoms with van der Waals surface area (Å²) < 4.78 is 35.3. The lowest BCUT2D eigenvalue weighted by Crippen LogP contribution is -2.40. The summed E-state index contributed by atoms with van der Waals surface area (Å²) in [5.41, 5.74) is 3.76. The number of thiazole rings is 1. The van der Waals surface area contributed by atoms with E-state index in [0.29, 0.717) is 43.2 Å². The molecular weight excluding hydrogens is 434 g/mol. The minimum absolute atomic E-state index is 0.169. The monoisotopic (exact) mass is 459 g/mol. The first-order valence-corrected chi connectivity index (χ1v) is 12.4. The number of fused-ring (bicyclic) bond motifs is 1. The quantitative estimate of drug-likeness (QED) is 0.600. The van der Waals surface area contributed by atoms with Crippen LogP contribution in [0.5, 0.6) is 0 Å². The first-order valence-electron chi connectivity index (χ1n) is 10.2. The zero-order valence-corrected chi connectivity index (χ0v) is 19.4. The fraction of sp³-hybridized carbons (Fsp3) is 0.364. The number of aromatic nitrogens is 1. The van der Waals surface area contributed by atoms with E-state index in [1.54, 1.807) is 0 Å². The number of ether oxygens (including phenoxy) is 1. The molecule has 1 fully saturated rings. The summed E-state index contributed by atoms with van der Waals surface area (Å²) in [7, 11) is -3.59. The summed E-state index contributed by atoms with van der Waals surface area (Å²) in [6.45, 7) is 8.29. The zero-order valence-electron chi connectivity index (χ0n) is 17.8. The van der Waals surface area contributed by atoms with E-state index in [-0.39, 0.29) is 4.90 Å². The lowest BCUT2D eigenvalue weighted by Gasteiger charge is -2.26. The number of carbonyl (C=O) groups excluding carboxylic acids is 1. The lowest BCUT2D eigenvalue weighted by atomic mass is 10.1. The number of morpholine rings is 1. The van der Waals surface area contributed by atoms with Gasteiger partial charge in [-0.15, -0.1) is 0 Å². The molecule has 0 unspecified atom stereocenters. The van der Waals surface area contributed by atoms with E-state index in [1.807, 2.05) is 11.5 Å². The Labute approximate surface area is 185 Å². The lowest BCUT2D eigenvalue weighted by molar-refractivity contribution is 0.0730. The molecule has 7 nitrogen and oxygen atoms in total. The second kappa shape index (κ2) is 8.66. The van der Waals surface area contributed by atoms with Gasteiger partial charge in [-0.2, -0.15) is 9.30 Å². The van der Waals surface area contributed by atoms with Crippen molar-refractivity contribution in [3.8, 4) is 0 Å². The second-order valence-electron chi connectivity index (χ2n) is 7.52. The summed E-state index contributed by atoms with van der Waals surface area (Å²) in [6.07, 6.45) is 0. The van der Waals surface area contributed by atoms with E-state index < -0.39 is 15.9 Å². The van der Waals surface area contributed by atoms with Crippen molar-refractivity contribution in [2.24, 2.45) is 4.99 Å². The maximum atomic E-state index is 12.8. The van der Waals surface area contributed by atoms with Crippen LogP contribution in [0.2, 0.25) is 0 Å². The Morgan fingerprint density at radius 2 is 1.81 bits per heavy atom. The molecule has 164 valence electrons. The number of benzene rings is 2. The van der Waals surface area contributed by atoms with Crippen LogP contribution in [0.1, 0.15) is 28.4 Å². The highest BCUT2D eigenvalue weighted by Crippen LogP contribution is 2.23. The van der Waals surface area contributed by atoms with Crippen LogP contribution < -0.4 is 4.80 Å². The van der Waals surface area contributed by atoms with Crippen LogP contribution in [0.25, 0.3) is 10.2 Å². The minimum atomic E-state index is -3.59. The van der Waals surface area contributed by atoms with Gasteiger partial charge in [0.15, 0.2) is 4.80 Å². The minimum Gasteiger partial charge on any atom is -0.379 e. The van der Waals surface area contributed by atoms with Gasteiger partial charge in [0, 0.05) is 25.2 Å². The number of hydrogen-bond acceptors (Lipinski definition) is 5. The molecule has 0 spiro atoms. The summed E-state index contributed by atoms with van der Waals surface area (Å²) in [5, 5.41) is 0. The third kappa shape index (κ3) is 4.23. The number of nitrogens with zero attached hydrogens (tertiary/aromatic N) is 3. The summed E-state index contributed by atoms with van der Waals surface area (Å²) in [6, 6.07) is 10.2. The van der Waals surface area contributed by atoms with Gasteiger partial charge in [-0.1, -0.05) is 17.4 Å². The average molecular weight is 460 g/mol. The molecule has 1 aliphatic heterocycles. The van der Waals surface area contributed by atoms with Crippen LogP contribution in [0.15, 0.2) is 46.3 Å². The van der Waals surface area contributed by atoms with Crippen LogP contribution in [-0.4, -0.2) is 49.5 Å². The Morgan fingerprint density at radius 3 is 2.45 bits per heavy atom. The predicted molar refractivity (Wildman–Crippen MR) is 121 cm³/mol. The summed E-state index contributed by atoms with van der Waals surface area (Å²) in [4.78, 5) is 18.0. The third-order valence-corrected chi connectivity index (χ3v) is 8.48. The first-order chi connectivity index (χ1) is 14.8. The molecular formula is C22H25N3O4S2. The third-order valence-electron chi connectivity index (χ3n) is 5.34. The van der Waals surface area contributed by atoms with E-state index >= 15 is 0 Å². The Morgan fingerprint density at radius 1 is 1.13 bits per heavy atom. The normalized spacial score (nSPS) is 16.2. The number of hydrogen-bond donors (Lipinski definition) is 0. The highest BCUT2D eigenvalue weighted by atomic mass is 32.2. The predicted octanol–water partition coefficient (Wildman–Crippen LogP) is 3.10. The molecule has 31 heavy (non-hydrogen) atoms. The molecule has 0 radical (unpaired) electrons. The van der Waals surface area contributed by atoms with Crippen molar-refractivity contribution in [3.63, 3.8) is 0 Å². The Hall–Kier alpha value is -2.33. The maximum Gasteiger partial charge on any atom is 0.279 e. The Balaban J connectivity index is 1.66. The highest BCUT2D eigenvalue weighted by Gasteiger charge is 2.26. The van der Waals surface area contributed by atoms with Crippen LogP contribution in [0.3, 0.4) is 0 Å². The SMILES string of the molecule is CCn1c(=NC(=O)c2ccc(S(=O)(=O)N3CCOCC3)cc2)sc2c(C)cc(C)cc21. The smallest absolute Gasteiger partial charge is 0.279 e. The van der Waals surface area contributed by atoms with Gasteiger partial charge in [0.25, 0.3) is 5.91 Å². The van der Waals surface area contributed by atoms with Gasteiger partial charge in [0.2, 0.25) is 10.0 Å². The van der Waals surface area contributed by atoms with Crippen molar-refractivity contribution in [2.45, 2.75) is 32.2 Å². The van der Waals surface area contributed by atoms with Gasteiger partial charge in [0.1, 0.15) is 0 Å². The first kappa shape index (κ1) is 21.9. The van der Waals surface area contributed by atoms with Gasteiger partial charge in [0.05, 0.1) is 28.3 Å². The molecule has 3 aromatic rings. The topological polar surface area (TPSA) is 81.0 Å². The molecule has 1 saturated heterocycles. The Bertz CT molecular complexity index is 1300. The van der Waals surface area contributed by atoms with Crippen molar-refractivity contribution in [1.82, 2.24) is 8.87 Å². The number of carbonyl (C=O) groups is 1. The molecule has 1 aromatic heterocycles. The van der Waals surface area contributed by atoms with Crippen molar-refractivity contribution in [2.75, 3.05) is 26.3 Å². The Kier molecular flexibility index (Phi) is 6.11. The standard InChI is InChI=1S/C22H25N3O4S2/c1-4-25-19-14-15(2)13-16(3)20(19)30-22(25)23-21(26)17-5-7-18(8-6-17)31(27,28)24-9-11-29-12-10-24/h5-8,13-14H,4,9-12H2,1-3H3. The summed E-state index contributed by atoms with van der Waals surface area (Å²) in [5.74, 6) is -0.390. The second-order valence-corrected chi connectivity index (χ2v) is 10.4. The van der Waals surface area contributed by atoms with Gasteiger partial charge < -0.3 is 9.30 Å². The van der Waals surface area contributed by atoms with Gasteiger partial charge in [-0.25, -0.2) is 8.42 Å².